The molecule has 0 amide bonds. The molecule has 4 nitrogen and oxygen atoms in total. The van der Waals surface area contributed by atoms with Crippen LogP contribution >= 0.6 is 23.2 Å². The maximum absolute atomic E-state index is 5.94. The van der Waals surface area contributed by atoms with Gasteiger partial charge in [-0.25, -0.2) is 4.98 Å². The van der Waals surface area contributed by atoms with Crippen LogP contribution in [0.1, 0.15) is 13.3 Å². The maximum Gasteiger partial charge on any atom is 0.224 e. The highest BCUT2D eigenvalue weighted by atomic mass is 35.5. The molecule has 1 aliphatic heterocycles. The number of hydrogen-bond donors (Lipinski definition) is 1. The van der Waals surface area contributed by atoms with E-state index in [4.69, 9.17) is 27.9 Å². The van der Waals surface area contributed by atoms with Crippen LogP contribution in [0.25, 0.3) is 0 Å². The summed E-state index contributed by atoms with van der Waals surface area (Å²) < 4.78 is 5.48. The van der Waals surface area contributed by atoms with E-state index < -0.39 is 0 Å². The molecule has 6 heteroatoms. The van der Waals surface area contributed by atoms with E-state index in [1.165, 1.54) is 6.20 Å². The van der Waals surface area contributed by atoms with Gasteiger partial charge < -0.3 is 10.1 Å². The van der Waals surface area contributed by atoms with Crippen molar-refractivity contribution < 1.29 is 4.74 Å². The van der Waals surface area contributed by atoms with Gasteiger partial charge in [0.1, 0.15) is 10.8 Å². The lowest BCUT2D eigenvalue weighted by atomic mass is 10.0. The van der Waals surface area contributed by atoms with Crippen molar-refractivity contribution in [2.45, 2.75) is 19.4 Å². The first-order valence-electron chi connectivity index (χ1n) is 5.20. The quantitative estimate of drug-likeness (QED) is 0.850. The van der Waals surface area contributed by atoms with Crippen LogP contribution < -0.4 is 5.32 Å². The highest BCUT2D eigenvalue weighted by Crippen LogP contribution is 2.23. The molecule has 2 rings (SSSR count). The number of anilines is 1. The first-order chi connectivity index (χ1) is 7.66. The van der Waals surface area contributed by atoms with Crippen LogP contribution in [0.3, 0.4) is 0 Å². The van der Waals surface area contributed by atoms with Crippen molar-refractivity contribution >= 4 is 29.0 Å². The Labute approximate surface area is 104 Å². The molecule has 0 saturated carbocycles. The normalized spacial score (nSPS) is 24.7. The highest BCUT2D eigenvalue weighted by Gasteiger charge is 2.24. The third kappa shape index (κ3) is 2.75. The number of nitrogens with zero attached hydrogens (tertiary/aromatic N) is 2. The lowest BCUT2D eigenvalue weighted by Gasteiger charge is -2.15. The van der Waals surface area contributed by atoms with Crippen LogP contribution in [0, 0.1) is 5.92 Å². The van der Waals surface area contributed by atoms with E-state index in [-0.39, 0.29) is 11.4 Å². The van der Waals surface area contributed by atoms with Crippen molar-refractivity contribution in [3.63, 3.8) is 0 Å². The summed E-state index contributed by atoms with van der Waals surface area (Å²) in [7, 11) is 0. The summed E-state index contributed by atoms with van der Waals surface area (Å²) in [5, 5.41) is 3.86. The summed E-state index contributed by atoms with van der Waals surface area (Å²) >= 11 is 11.6. The summed E-state index contributed by atoms with van der Waals surface area (Å²) in [5.41, 5.74) is 0. The van der Waals surface area contributed by atoms with Gasteiger partial charge in [-0.15, -0.1) is 0 Å². The van der Waals surface area contributed by atoms with Crippen molar-refractivity contribution in [2.24, 2.45) is 5.92 Å². The van der Waals surface area contributed by atoms with E-state index in [0.29, 0.717) is 16.8 Å². The topological polar surface area (TPSA) is 47.0 Å². The van der Waals surface area contributed by atoms with Gasteiger partial charge in [-0.3, -0.25) is 0 Å². The molecule has 0 radical (unpaired) electrons. The Balaban J connectivity index is 1.96. The zero-order valence-electron chi connectivity index (χ0n) is 8.91. The van der Waals surface area contributed by atoms with Gasteiger partial charge in [0.25, 0.3) is 0 Å². The van der Waals surface area contributed by atoms with Gasteiger partial charge in [0, 0.05) is 19.1 Å². The van der Waals surface area contributed by atoms with Gasteiger partial charge in [-0.2, -0.15) is 4.98 Å². The Bertz CT molecular complexity index is 375. The number of halogens is 2. The number of ether oxygens (including phenoxy) is 1. The lowest BCUT2D eigenvalue weighted by Crippen LogP contribution is -2.21. The number of rotatable bonds is 3. The molecule has 1 aromatic heterocycles. The molecule has 1 N–H and O–H groups in total. The van der Waals surface area contributed by atoms with Crippen LogP contribution in [-0.2, 0) is 4.74 Å². The summed E-state index contributed by atoms with van der Waals surface area (Å²) in [6, 6.07) is 0. The predicted molar refractivity (Wildman–Crippen MR) is 64.1 cm³/mol. The fraction of sp³-hybridized carbons (Fsp3) is 0.600. The van der Waals surface area contributed by atoms with Crippen molar-refractivity contribution in [3.05, 3.63) is 16.5 Å². The predicted octanol–water partition coefficient (Wildman–Crippen LogP) is 2.62. The minimum Gasteiger partial charge on any atom is -0.378 e. The average molecular weight is 262 g/mol. The minimum atomic E-state index is 0.197. The Morgan fingerprint density at radius 3 is 3.06 bits per heavy atom. The first-order valence-corrected chi connectivity index (χ1v) is 5.96. The van der Waals surface area contributed by atoms with Crippen molar-refractivity contribution in [1.82, 2.24) is 9.97 Å². The molecular formula is C10H13Cl2N3O. The Morgan fingerprint density at radius 2 is 2.38 bits per heavy atom. The molecule has 0 aliphatic carbocycles. The van der Waals surface area contributed by atoms with E-state index in [2.05, 4.69) is 22.2 Å². The molecule has 1 saturated heterocycles. The van der Waals surface area contributed by atoms with Crippen molar-refractivity contribution in [2.75, 3.05) is 18.5 Å². The number of hydrogen-bond acceptors (Lipinski definition) is 4. The molecule has 2 heterocycles. The molecule has 2 unspecified atom stereocenters. The van der Waals surface area contributed by atoms with Gasteiger partial charge in [0.15, 0.2) is 0 Å². The molecular weight excluding hydrogens is 249 g/mol. The van der Waals surface area contributed by atoms with Crippen LogP contribution in [0.2, 0.25) is 10.3 Å². The Hall–Kier alpha value is -0.580. The average Bonchev–Trinajstić information content (AvgIpc) is 2.66. The lowest BCUT2D eigenvalue weighted by molar-refractivity contribution is 0.108. The third-order valence-corrected chi connectivity index (χ3v) is 3.24. The van der Waals surface area contributed by atoms with E-state index >= 15 is 0 Å². The second-order valence-electron chi connectivity index (χ2n) is 3.84. The van der Waals surface area contributed by atoms with E-state index in [0.717, 1.165) is 19.6 Å². The van der Waals surface area contributed by atoms with Crippen LogP contribution in [-0.4, -0.2) is 29.2 Å². The van der Waals surface area contributed by atoms with Crippen molar-refractivity contribution in [3.8, 4) is 0 Å². The smallest absolute Gasteiger partial charge is 0.224 e. The van der Waals surface area contributed by atoms with Gasteiger partial charge in [-0.05, 0) is 24.9 Å². The molecule has 2 atom stereocenters. The SMILES string of the molecule is CC1OCCC1CNc1nc(Cl)ncc1Cl. The molecule has 0 bridgehead atoms. The third-order valence-electron chi connectivity index (χ3n) is 2.78. The molecule has 1 aliphatic rings. The fourth-order valence-electron chi connectivity index (χ4n) is 1.74. The Morgan fingerprint density at radius 1 is 1.56 bits per heavy atom. The Kier molecular flexibility index (Phi) is 3.84. The summed E-state index contributed by atoms with van der Waals surface area (Å²) in [6.07, 6.45) is 2.84. The zero-order chi connectivity index (χ0) is 11.5. The zero-order valence-corrected chi connectivity index (χ0v) is 10.4. The van der Waals surface area contributed by atoms with Gasteiger partial charge in [-0.1, -0.05) is 11.6 Å². The number of nitrogens with one attached hydrogen (secondary N) is 1. The first kappa shape index (κ1) is 11.9. The summed E-state index contributed by atoms with van der Waals surface area (Å²) in [4.78, 5) is 7.82. The van der Waals surface area contributed by atoms with E-state index in [1.807, 2.05) is 0 Å². The van der Waals surface area contributed by atoms with E-state index in [9.17, 15) is 0 Å². The van der Waals surface area contributed by atoms with Gasteiger partial charge >= 0.3 is 0 Å². The molecule has 0 spiro atoms. The second kappa shape index (κ2) is 5.17. The van der Waals surface area contributed by atoms with E-state index in [1.54, 1.807) is 0 Å². The monoisotopic (exact) mass is 261 g/mol. The van der Waals surface area contributed by atoms with Crippen LogP contribution in [0.5, 0.6) is 0 Å². The number of aromatic nitrogens is 2. The fourth-order valence-corrected chi connectivity index (χ4v) is 2.03. The molecule has 1 aromatic rings. The molecule has 1 fully saturated rings. The van der Waals surface area contributed by atoms with Crippen molar-refractivity contribution in [1.29, 1.82) is 0 Å². The summed E-state index contributed by atoms with van der Waals surface area (Å²) in [5.74, 6) is 1.07. The van der Waals surface area contributed by atoms with Gasteiger partial charge in [0.05, 0.1) is 12.3 Å². The van der Waals surface area contributed by atoms with Crippen LogP contribution in [0.4, 0.5) is 5.82 Å². The molecule has 88 valence electrons. The second-order valence-corrected chi connectivity index (χ2v) is 4.59. The molecule has 16 heavy (non-hydrogen) atoms. The largest absolute Gasteiger partial charge is 0.378 e. The van der Waals surface area contributed by atoms with Gasteiger partial charge in [0.2, 0.25) is 5.28 Å². The van der Waals surface area contributed by atoms with Crippen LogP contribution in [0.15, 0.2) is 6.20 Å². The molecule has 0 aromatic carbocycles. The highest BCUT2D eigenvalue weighted by molar-refractivity contribution is 6.33. The maximum atomic E-state index is 5.94. The standard InChI is InChI=1S/C10H13Cl2N3O/c1-6-7(2-3-16-6)4-13-9-8(11)5-14-10(12)15-9/h5-7H,2-4H2,1H3,(H,13,14,15). The minimum absolute atomic E-state index is 0.197. The summed E-state index contributed by atoms with van der Waals surface area (Å²) in [6.45, 7) is 3.69.